The van der Waals surface area contributed by atoms with E-state index in [1.165, 1.54) is 25.7 Å². The van der Waals surface area contributed by atoms with Gasteiger partial charge in [0.2, 0.25) is 5.89 Å². The highest BCUT2D eigenvalue weighted by Crippen LogP contribution is 2.39. The molecule has 2 fully saturated rings. The molecule has 4 rings (SSSR count). The maximum atomic E-state index is 5.50. The van der Waals surface area contributed by atoms with Gasteiger partial charge in [0.15, 0.2) is 5.82 Å². The van der Waals surface area contributed by atoms with Crippen LogP contribution in [-0.4, -0.2) is 37.4 Å². The van der Waals surface area contributed by atoms with Crippen LogP contribution in [0, 0.1) is 0 Å². The smallest absolute Gasteiger partial charge is 0.243 e. The third kappa shape index (κ3) is 2.60. The zero-order valence-corrected chi connectivity index (χ0v) is 12.4. The van der Waals surface area contributed by atoms with Crippen molar-refractivity contribution in [1.82, 2.24) is 24.8 Å². The van der Waals surface area contributed by atoms with Crippen LogP contribution in [0.1, 0.15) is 56.3 Å². The molecule has 0 N–H and O–H groups in total. The molecule has 2 aromatic heterocycles. The van der Waals surface area contributed by atoms with E-state index in [2.05, 4.69) is 27.1 Å². The summed E-state index contributed by atoms with van der Waals surface area (Å²) >= 11 is 0. The van der Waals surface area contributed by atoms with Gasteiger partial charge in [-0.25, -0.2) is 0 Å². The van der Waals surface area contributed by atoms with Crippen molar-refractivity contribution in [3.05, 3.63) is 30.2 Å². The van der Waals surface area contributed by atoms with E-state index in [0.717, 1.165) is 24.8 Å². The van der Waals surface area contributed by atoms with Gasteiger partial charge in [0, 0.05) is 24.4 Å². The molecule has 112 valence electrons. The van der Waals surface area contributed by atoms with Crippen LogP contribution in [0.4, 0.5) is 0 Å². The topological polar surface area (TPSA) is 60.0 Å². The highest BCUT2D eigenvalue weighted by molar-refractivity contribution is 5.05. The Morgan fingerprint density at radius 3 is 3.05 bits per heavy atom. The maximum absolute atomic E-state index is 5.50. The molecule has 0 unspecified atom stereocenters. The van der Waals surface area contributed by atoms with Crippen LogP contribution in [0.3, 0.4) is 0 Å². The third-order valence-corrected chi connectivity index (χ3v) is 4.63. The fourth-order valence-corrected chi connectivity index (χ4v) is 3.25. The summed E-state index contributed by atoms with van der Waals surface area (Å²) in [5.74, 6) is 2.22. The Hall–Kier alpha value is -1.69. The van der Waals surface area contributed by atoms with Crippen molar-refractivity contribution in [2.45, 2.75) is 57.2 Å². The number of aromatic nitrogens is 4. The SMILES string of the molecule is C[C@H](c1nc(C2CC2)no1)N1CCC[C@H]1Cn1cccn1. The second kappa shape index (κ2) is 5.26. The molecular weight excluding hydrogens is 266 g/mol. The molecule has 3 heterocycles. The first kappa shape index (κ1) is 13.0. The van der Waals surface area contributed by atoms with Crippen molar-refractivity contribution < 1.29 is 4.52 Å². The Balaban J connectivity index is 1.47. The lowest BCUT2D eigenvalue weighted by molar-refractivity contribution is 0.144. The third-order valence-electron chi connectivity index (χ3n) is 4.63. The molecule has 1 saturated carbocycles. The minimum absolute atomic E-state index is 0.188. The molecular formula is C15H21N5O. The molecule has 2 aliphatic rings. The molecule has 0 spiro atoms. The Kier molecular flexibility index (Phi) is 3.25. The average molecular weight is 287 g/mol. The van der Waals surface area contributed by atoms with Crippen LogP contribution in [0.25, 0.3) is 0 Å². The number of nitrogens with zero attached hydrogens (tertiary/aromatic N) is 5. The van der Waals surface area contributed by atoms with E-state index in [1.54, 1.807) is 0 Å². The van der Waals surface area contributed by atoms with Crippen molar-refractivity contribution >= 4 is 0 Å². The lowest BCUT2D eigenvalue weighted by Gasteiger charge is -2.28. The van der Waals surface area contributed by atoms with Gasteiger partial charge in [-0.15, -0.1) is 0 Å². The number of rotatable bonds is 5. The summed E-state index contributed by atoms with van der Waals surface area (Å²) in [5.41, 5.74) is 0. The summed E-state index contributed by atoms with van der Waals surface area (Å²) in [7, 11) is 0. The molecule has 0 amide bonds. The van der Waals surface area contributed by atoms with Crippen molar-refractivity contribution in [3.8, 4) is 0 Å². The van der Waals surface area contributed by atoms with Gasteiger partial charge in [-0.2, -0.15) is 10.1 Å². The summed E-state index contributed by atoms with van der Waals surface area (Å²) in [4.78, 5) is 7.08. The van der Waals surface area contributed by atoms with E-state index in [0.29, 0.717) is 12.0 Å². The zero-order chi connectivity index (χ0) is 14.2. The number of hydrogen-bond donors (Lipinski definition) is 0. The van der Waals surface area contributed by atoms with Gasteiger partial charge in [0.25, 0.3) is 0 Å². The monoisotopic (exact) mass is 287 g/mol. The van der Waals surface area contributed by atoms with Crippen molar-refractivity contribution in [1.29, 1.82) is 0 Å². The van der Waals surface area contributed by atoms with E-state index in [4.69, 9.17) is 4.52 Å². The highest BCUT2D eigenvalue weighted by atomic mass is 16.5. The maximum Gasteiger partial charge on any atom is 0.243 e. The lowest BCUT2D eigenvalue weighted by Crippen LogP contribution is -2.35. The summed E-state index contributed by atoms with van der Waals surface area (Å²) in [5, 5.41) is 8.46. The summed E-state index contributed by atoms with van der Waals surface area (Å²) in [6.45, 7) is 4.20. The van der Waals surface area contributed by atoms with E-state index in [-0.39, 0.29) is 6.04 Å². The minimum Gasteiger partial charge on any atom is -0.338 e. The zero-order valence-electron chi connectivity index (χ0n) is 12.4. The summed E-state index contributed by atoms with van der Waals surface area (Å²) < 4.78 is 7.51. The molecule has 1 saturated heterocycles. The van der Waals surface area contributed by atoms with Crippen molar-refractivity contribution in [2.75, 3.05) is 6.54 Å². The molecule has 21 heavy (non-hydrogen) atoms. The molecule has 0 bridgehead atoms. The van der Waals surface area contributed by atoms with Crippen LogP contribution in [0.5, 0.6) is 0 Å². The molecule has 6 heteroatoms. The van der Waals surface area contributed by atoms with Gasteiger partial charge in [-0.3, -0.25) is 9.58 Å². The predicted octanol–water partition coefficient (Wildman–Crippen LogP) is 2.37. The largest absolute Gasteiger partial charge is 0.338 e. The van der Waals surface area contributed by atoms with Crippen molar-refractivity contribution in [3.63, 3.8) is 0 Å². The van der Waals surface area contributed by atoms with Gasteiger partial charge in [0.1, 0.15) is 0 Å². The van der Waals surface area contributed by atoms with Crippen LogP contribution in [0.15, 0.2) is 23.0 Å². The van der Waals surface area contributed by atoms with Crippen LogP contribution >= 0.6 is 0 Å². The Morgan fingerprint density at radius 2 is 2.29 bits per heavy atom. The van der Waals surface area contributed by atoms with Crippen molar-refractivity contribution in [2.24, 2.45) is 0 Å². The van der Waals surface area contributed by atoms with Gasteiger partial charge in [-0.1, -0.05) is 5.16 Å². The standard InChI is InChI=1S/C15H21N5O/c1-11(15-17-14(18-21-15)12-5-6-12)20-9-2-4-13(20)10-19-8-3-7-16-19/h3,7-8,11-13H,2,4-6,9-10H2,1H3/t11-,13+/m1/s1. The second-order valence-electron chi connectivity index (χ2n) is 6.20. The van der Waals surface area contributed by atoms with E-state index < -0.39 is 0 Å². The summed E-state index contributed by atoms with van der Waals surface area (Å²) in [6, 6.07) is 2.66. The van der Waals surface area contributed by atoms with Crippen LogP contribution < -0.4 is 0 Å². The number of likely N-dealkylation sites (tertiary alicyclic amines) is 1. The fraction of sp³-hybridized carbons (Fsp3) is 0.667. The highest BCUT2D eigenvalue weighted by Gasteiger charge is 2.34. The number of hydrogen-bond acceptors (Lipinski definition) is 5. The summed E-state index contributed by atoms with van der Waals surface area (Å²) in [6.07, 6.45) is 8.70. The Bertz CT molecular complexity index is 589. The first-order valence-electron chi connectivity index (χ1n) is 7.88. The molecule has 2 aromatic rings. The Morgan fingerprint density at radius 1 is 1.38 bits per heavy atom. The average Bonchev–Trinajstić information content (AvgIpc) is 2.96. The van der Waals surface area contributed by atoms with E-state index in [9.17, 15) is 0 Å². The van der Waals surface area contributed by atoms with Gasteiger partial charge >= 0.3 is 0 Å². The molecule has 1 aliphatic heterocycles. The second-order valence-corrected chi connectivity index (χ2v) is 6.20. The predicted molar refractivity (Wildman–Crippen MR) is 76.6 cm³/mol. The van der Waals surface area contributed by atoms with Gasteiger partial charge in [0.05, 0.1) is 12.6 Å². The molecule has 0 radical (unpaired) electrons. The molecule has 2 atom stereocenters. The van der Waals surface area contributed by atoms with Crippen LogP contribution in [0.2, 0.25) is 0 Å². The molecule has 6 nitrogen and oxygen atoms in total. The normalized spacial score (nSPS) is 24.5. The van der Waals surface area contributed by atoms with Gasteiger partial charge < -0.3 is 4.52 Å². The quantitative estimate of drug-likeness (QED) is 0.845. The van der Waals surface area contributed by atoms with E-state index >= 15 is 0 Å². The van der Waals surface area contributed by atoms with Crippen LogP contribution in [-0.2, 0) is 6.54 Å². The fourth-order valence-electron chi connectivity index (χ4n) is 3.25. The Labute approximate surface area is 124 Å². The molecule has 0 aromatic carbocycles. The lowest BCUT2D eigenvalue weighted by atomic mass is 10.2. The van der Waals surface area contributed by atoms with Gasteiger partial charge in [-0.05, 0) is 45.2 Å². The molecule has 1 aliphatic carbocycles. The first-order chi connectivity index (χ1) is 10.3. The minimum atomic E-state index is 0.188. The van der Waals surface area contributed by atoms with E-state index in [1.807, 2.05) is 23.1 Å². The first-order valence-corrected chi connectivity index (χ1v) is 7.88.